The van der Waals surface area contributed by atoms with Crippen LogP contribution < -0.4 is 10.2 Å². The maximum atomic E-state index is 14.0. The average molecular weight is 741 g/mol. The molecule has 1 fully saturated rings. The Morgan fingerprint density at radius 1 is 0.704 bits per heavy atom. The van der Waals surface area contributed by atoms with Crippen molar-refractivity contribution in [3.8, 4) is 45.8 Å². The number of carbonyl (C=O) groups is 2. The molecule has 7 N–H and O–H groups in total. The molecule has 1 aromatic heterocycles. The van der Waals surface area contributed by atoms with Crippen molar-refractivity contribution in [3.05, 3.63) is 118 Å². The maximum Gasteiger partial charge on any atom is 0.331 e. The first-order valence-corrected chi connectivity index (χ1v) is 16.2. The Hall–Kier alpha value is -6.81. The van der Waals surface area contributed by atoms with E-state index in [4.69, 9.17) is 23.4 Å². The molecule has 2 heterocycles. The van der Waals surface area contributed by atoms with Gasteiger partial charge in [-0.1, -0.05) is 24.3 Å². The third-order valence-corrected chi connectivity index (χ3v) is 8.19. The van der Waals surface area contributed by atoms with Crippen molar-refractivity contribution in [2.45, 2.75) is 30.7 Å². The summed E-state index contributed by atoms with van der Waals surface area (Å²) in [6, 6.07) is 18.9. The van der Waals surface area contributed by atoms with E-state index in [0.717, 1.165) is 24.3 Å². The van der Waals surface area contributed by atoms with E-state index in [-0.39, 0.29) is 34.2 Å². The summed E-state index contributed by atoms with van der Waals surface area (Å²) >= 11 is 0. The average Bonchev–Trinajstić information content (AvgIpc) is 3.14. The number of aliphatic hydroxyl groups is 2. The predicted molar refractivity (Wildman–Crippen MR) is 189 cm³/mol. The number of hydrogen-bond acceptors (Lipinski definition) is 15. The van der Waals surface area contributed by atoms with Crippen molar-refractivity contribution in [1.29, 1.82) is 0 Å². The molecule has 6 rings (SSSR count). The third-order valence-electron chi connectivity index (χ3n) is 8.19. The van der Waals surface area contributed by atoms with Gasteiger partial charge in [-0.25, -0.2) is 9.59 Å². The Balaban J connectivity index is 1.37. The Kier molecular flexibility index (Phi) is 10.8. The maximum absolute atomic E-state index is 14.0. The molecule has 0 spiro atoms. The molecule has 0 bridgehead atoms. The number of ether oxygens (including phenoxy) is 4. The van der Waals surface area contributed by atoms with Gasteiger partial charge in [-0.05, 0) is 71.8 Å². The molecule has 15 heteroatoms. The third kappa shape index (κ3) is 8.29. The molecule has 0 saturated carbocycles. The van der Waals surface area contributed by atoms with E-state index < -0.39 is 77.3 Å². The van der Waals surface area contributed by atoms with E-state index in [1.54, 1.807) is 0 Å². The second kappa shape index (κ2) is 15.8. The number of esters is 2. The number of aliphatic hydroxyl groups excluding tert-OH is 2. The van der Waals surface area contributed by atoms with E-state index in [2.05, 4.69) is 0 Å². The number of benzene rings is 4. The van der Waals surface area contributed by atoms with Gasteiger partial charge in [-0.15, -0.1) is 0 Å². The van der Waals surface area contributed by atoms with Crippen molar-refractivity contribution in [2.24, 2.45) is 0 Å². The zero-order valence-corrected chi connectivity index (χ0v) is 27.9. The van der Waals surface area contributed by atoms with Crippen molar-refractivity contribution in [1.82, 2.24) is 0 Å². The van der Waals surface area contributed by atoms with E-state index in [0.29, 0.717) is 11.1 Å². The highest BCUT2D eigenvalue weighted by molar-refractivity contribution is 5.89. The lowest BCUT2D eigenvalue weighted by Gasteiger charge is -2.42. The summed E-state index contributed by atoms with van der Waals surface area (Å²) < 4.78 is 28.9. The molecule has 0 amide bonds. The number of phenolic OH excluding ortho intramolecular Hbond substituents is 5. The predicted octanol–water partition coefficient (Wildman–Crippen LogP) is 3.70. The van der Waals surface area contributed by atoms with Crippen LogP contribution in [0.1, 0.15) is 11.1 Å². The smallest absolute Gasteiger partial charge is 0.331 e. The van der Waals surface area contributed by atoms with Gasteiger partial charge in [0.15, 0.2) is 18.0 Å². The van der Waals surface area contributed by atoms with E-state index in [9.17, 15) is 50.1 Å². The Bertz CT molecular complexity index is 2260. The zero-order valence-electron chi connectivity index (χ0n) is 27.9. The molecule has 15 nitrogen and oxygen atoms in total. The minimum absolute atomic E-state index is 0.00556. The van der Waals surface area contributed by atoms with E-state index in [1.807, 2.05) is 0 Å². The highest BCUT2D eigenvalue weighted by Gasteiger charge is 2.51. The van der Waals surface area contributed by atoms with Crippen molar-refractivity contribution >= 4 is 35.1 Å². The van der Waals surface area contributed by atoms with E-state index in [1.165, 1.54) is 84.9 Å². The van der Waals surface area contributed by atoms with E-state index >= 15 is 0 Å². The van der Waals surface area contributed by atoms with Gasteiger partial charge >= 0.3 is 11.9 Å². The molecule has 5 aromatic rings. The van der Waals surface area contributed by atoms with Gasteiger partial charge in [0, 0.05) is 29.8 Å². The lowest BCUT2D eigenvalue weighted by molar-refractivity contribution is -0.284. The molecule has 4 aromatic carbocycles. The van der Waals surface area contributed by atoms with Gasteiger partial charge in [0.2, 0.25) is 17.5 Å². The van der Waals surface area contributed by atoms with Gasteiger partial charge in [-0.3, -0.25) is 4.79 Å². The summed E-state index contributed by atoms with van der Waals surface area (Å²) in [6.07, 6.45) is -4.18. The first-order chi connectivity index (χ1) is 25.9. The zero-order chi connectivity index (χ0) is 38.5. The fourth-order valence-electron chi connectivity index (χ4n) is 5.55. The molecule has 54 heavy (non-hydrogen) atoms. The van der Waals surface area contributed by atoms with Gasteiger partial charge in [0.05, 0.1) is 6.61 Å². The second-order valence-electron chi connectivity index (χ2n) is 12.0. The lowest BCUT2D eigenvalue weighted by Crippen LogP contribution is -2.62. The summed E-state index contributed by atoms with van der Waals surface area (Å²) in [5.41, 5.74) is -0.0633. The molecular weight excluding hydrogens is 708 g/mol. The first kappa shape index (κ1) is 37.0. The topological polar surface area (TPSA) is 243 Å². The summed E-state index contributed by atoms with van der Waals surface area (Å²) in [5, 5.41) is 71.1. The fourth-order valence-corrected chi connectivity index (χ4v) is 5.55. The minimum Gasteiger partial charge on any atom is -0.508 e. The Morgan fingerprint density at radius 3 is 1.76 bits per heavy atom. The number of phenols is 5. The second-order valence-corrected chi connectivity index (χ2v) is 12.0. The molecule has 1 saturated heterocycles. The molecule has 0 aliphatic carbocycles. The van der Waals surface area contributed by atoms with Crippen LogP contribution in [0.25, 0.3) is 34.4 Å². The molecule has 1 aliphatic heterocycles. The highest BCUT2D eigenvalue weighted by Crippen LogP contribution is 2.38. The van der Waals surface area contributed by atoms with Gasteiger partial charge in [0.25, 0.3) is 0 Å². The van der Waals surface area contributed by atoms with Crippen LogP contribution in [-0.2, 0) is 23.8 Å². The van der Waals surface area contributed by atoms with Crippen LogP contribution in [0.2, 0.25) is 0 Å². The number of carbonyl (C=O) groups excluding carboxylic acids is 2. The van der Waals surface area contributed by atoms with Crippen LogP contribution in [0.15, 0.2) is 106 Å². The fraction of sp³-hybridized carbons (Fsp3) is 0.154. The van der Waals surface area contributed by atoms with Crippen LogP contribution in [-0.4, -0.2) is 85.0 Å². The van der Waals surface area contributed by atoms with Crippen LogP contribution in [0.3, 0.4) is 0 Å². The normalized spacial score (nSPS) is 19.9. The van der Waals surface area contributed by atoms with Crippen LogP contribution in [0.4, 0.5) is 0 Å². The molecular formula is C39H32O15. The summed E-state index contributed by atoms with van der Waals surface area (Å²) in [4.78, 5) is 40.1. The van der Waals surface area contributed by atoms with Crippen LogP contribution in [0, 0.1) is 0 Å². The van der Waals surface area contributed by atoms with Crippen molar-refractivity contribution in [3.63, 3.8) is 0 Å². The molecule has 5 unspecified atom stereocenters. The largest absolute Gasteiger partial charge is 0.508 e. The summed E-state index contributed by atoms with van der Waals surface area (Å²) in [6.45, 7) is -0.866. The Morgan fingerprint density at radius 2 is 1.22 bits per heavy atom. The van der Waals surface area contributed by atoms with Crippen LogP contribution >= 0.6 is 0 Å². The number of hydrogen-bond donors (Lipinski definition) is 7. The minimum atomic E-state index is -1.95. The van der Waals surface area contributed by atoms with Gasteiger partial charge in [-0.2, -0.15) is 0 Å². The monoisotopic (exact) mass is 740 g/mol. The standard InChI is InChI=1S/C39H32O15/c40-19-29-36(52-30(46)15-5-20-1-9-23(41)10-2-20)34(49)38(53-31(47)16-6-21-3-11-24(42)12-4-21)39(51-29)54-37-33(48)32-27(45)17-26(44)18-28(32)50-35(37)22-7-13-25(43)14-8-22/h1-18,29,34,36,38-45,49H,19H2/b15-5+,16-6+. The molecule has 1 aliphatic rings. The molecule has 278 valence electrons. The lowest BCUT2D eigenvalue weighted by atomic mass is 9.98. The SMILES string of the molecule is O=C(/C=C/c1ccc(O)cc1)OC1C(CO)OC(Oc2c(-c3ccc(O)cc3)oc3cc(O)cc(O)c3c2=O)C(OC(=O)/C=C/c2ccc(O)cc2)C1O. The summed E-state index contributed by atoms with van der Waals surface area (Å²) in [5.74, 6) is -4.20. The quantitative estimate of drug-likeness (QED) is 0.0798. The molecule has 5 atom stereocenters. The van der Waals surface area contributed by atoms with Crippen molar-refractivity contribution < 1.29 is 68.7 Å². The summed E-state index contributed by atoms with van der Waals surface area (Å²) in [7, 11) is 0. The van der Waals surface area contributed by atoms with Crippen molar-refractivity contribution in [2.75, 3.05) is 6.61 Å². The number of rotatable bonds is 10. The van der Waals surface area contributed by atoms with Gasteiger partial charge in [0.1, 0.15) is 51.9 Å². The Labute approximate surface area is 305 Å². The van der Waals surface area contributed by atoms with Crippen LogP contribution in [0.5, 0.6) is 34.5 Å². The van der Waals surface area contributed by atoms with Gasteiger partial charge < -0.3 is 59.1 Å². The number of aromatic hydroxyl groups is 5. The highest BCUT2D eigenvalue weighted by atomic mass is 16.7. The number of fused-ring (bicyclic) bond motifs is 1. The molecule has 0 radical (unpaired) electrons. The first-order valence-electron chi connectivity index (χ1n) is 16.2.